The van der Waals surface area contributed by atoms with E-state index in [0.717, 1.165) is 96.3 Å². The minimum absolute atomic E-state index is 0.145. The van der Waals surface area contributed by atoms with Gasteiger partial charge in [-0.2, -0.15) is 0 Å². The minimum Gasteiger partial charge on any atom is -0.545 e. The van der Waals surface area contributed by atoms with Gasteiger partial charge in [-0.3, -0.25) is 9.59 Å². The van der Waals surface area contributed by atoms with Crippen molar-refractivity contribution in [2.45, 2.75) is 334 Å². The molecule has 0 amide bonds. The third-order valence-corrected chi connectivity index (χ3v) is 16.0. The Kier molecular flexibility index (Phi) is 66.7. The standard InChI is InChI=1S/C80H139NO8/c1-6-8-10-12-14-16-18-20-22-24-26-28-30-32-34-36-37-38-39-40-41-43-44-46-48-50-52-54-56-58-60-62-64-66-68-70-77(82)87-74-76(75-88-80(79(84)85)86-73-72-81(3,4)5)89-78(83)71-69-67-65-63-61-59-57-55-53-51-49-47-45-42-35-33-31-29-27-25-23-21-19-17-15-13-11-9-7-2/h8-11,14-17,20-23,26-29,33,35,76,80H,6-7,12-13,18-19,24-25,30-32,34,36-75H2,1-5H3/b10-8-,11-9-,16-14-,17-15-,22-20-,23-21-,28-26-,29-27-,35-33-. The fraction of sp³-hybridized carbons (Fsp3) is 0.738. The number of hydrogen-bond donors (Lipinski definition) is 0. The van der Waals surface area contributed by atoms with E-state index in [1.54, 1.807) is 0 Å². The molecule has 9 nitrogen and oxygen atoms in total. The van der Waals surface area contributed by atoms with Crippen molar-refractivity contribution in [1.29, 1.82) is 0 Å². The number of nitrogens with zero attached hydrogens (tertiary/aromatic N) is 1. The quantitative estimate of drug-likeness (QED) is 0.0195. The molecule has 0 aliphatic carbocycles. The van der Waals surface area contributed by atoms with Gasteiger partial charge in [0.15, 0.2) is 12.4 Å². The van der Waals surface area contributed by atoms with E-state index in [1.807, 2.05) is 21.1 Å². The number of carbonyl (C=O) groups excluding carboxylic acids is 3. The predicted octanol–water partition coefficient (Wildman–Crippen LogP) is 22.0. The lowest BCUT2D eigenvalue weighted by Gasteiger charge is -2.26. The first-order chi connectivity index (χ1) is 43.6. The first kappa shape index (κ1) is 85.0. The highest BCUT2D eigenvalue weighted by molar-refractivity contribution is 5.70. The third kappa shape index (κ3) is 71.3. The maximum absolute atomic E-state index is 12.9. The summed E-state index contributed by atoms with van der Waals surface area (Å²) in [4.78, 5) is 37.6. The Morgan fingerprint density at radius 3 is 0.899 bits per heavy atom. The number of aliphatic carboxylic acids is 1. The van der Waals surface area contributed by atoms with Crippen LogP contribution in [0.5, 0.6) is 0 Å². The van der Waals surface area contributed by atoms with Gasteiger partial charge in [0, 0.05) is 12.8 Å². The minimum atomic E-state index is -1.63. The topological polar surface area (TPSA) is 111 Å². The third-order valence-electron chi connectivity index (χ3n) is 16.0. The van der Waals surface area contributed by atoms with Crippen LogP contribution in [0, 0.1) is 0 Å². The zero-order chi connectivity index (χ0) is 64.7. The number of rotatable bonds is 68. The van der Waals surface area contributed by atoms with Crippen LogP contribution in [0.25, 0.3) is 0 Å². The number of carboxylic acid groups (broad SMARTS) is 1. The zero-order valence-electron chi connectivity index (χ0n) is 58.5. The number of ether oxygens (including phenoxy) is 4. The first-order valence-electron chi connectivity index (χ1n) is 37.0. The molecule has 0 saturated carbocycles. The van der Waals surface area contributed by atoms with Gasteiger partial charge in [0.05, 0.1) is 40.3 Å². The number of carboxylic acids is 1. The molecule has 2 unspecified atom stereocenters. The molecule has 0 fully saturated rings. The number of unbranched alkanes of at least 4 members (excludes halogenated alkanes) is 35. The number of carbonyl (C=O) groups is 3. The molecule has 0 aromatic rings. The summed E-state index contributed by atoms with van der Waals surface area (Å²) in [5, 5.41) is 11.8. The Morgan fingerprint density at radius 1 is 0.337 bits per heavy atom. The van der Waals surface area contributed by atoms with Crippen molar-refractivity contribution in [1.82, 2.24) is 0 Å². The molecule has 512 valence electrons. The van der Waals surface area contributed by atoms with E-state index >= 15 is 0 Å². The van der Waals surface area contributed by atoms with Gasteiger partial charge in [0.1, 0.15) is 13.2 Å². The van der Waals surface area contributed by atoms with E-state index in [-0.39, 0.29) is 32.2 Å². The van der Waals surface area contributed by atoms with Gasteiger partial charge in [0.2, 0.25) is 0 Å². The van der Waals surface area contributed by atoms with Crippen LogP contribution in [0.2, 0.25) is 0 Å². The van der Waals surface area contributed by atoms with Crippen molar-refractivity contribution in [2.24, 2.45) is 0 Å². The summed E-state index contributed by atoms with van der Waals surface area (Å²) in [6.45, 7) is 4.56. The summed E-state index contributed by atoms with van der Waals surface area (Å²) in [7, 11) is 5.94. The first-order valence-corrected chi connectivity index (χ1v) is 37.0. The molecular weight excluding hydrogens is 1100 g/mol. The average molecular weight is 1240 g/mol. The van der Waals surface area contributed by atoms with E-state index in [9.17, 15) is 19.5 Å². The van der Waals surface area contributed by atoms with Crippen molar-refractivity contribution in [3.8, 4) is 0 Å². The van der Waals surface area contributed by atoms with Gasteiger partial charge in [-0.1, -0.05) is 322 Å². The Balaban J connectivity index is 4.05. The molecule has 0 aromatic carbocycles. The number of allylic oxidation sites excluding steroid dienone is 18. The smallest absolute Gasteiger partial charge is 0.306 e. The van der Waals surface area contributed by atoms with E-state index in [1.165, 1.54) is 193 Å². The molecule has 0 aliphatic heterocycles. The molecular formula is C80H139NO8. The summed E-state index contributed by atoms with van der Waals surface area (Å²) in [6.07, 6.45) is 94.7. The number of quaternary nitrogens is 1. The van der Waals surface area contributed by atoms with Gasteiger partial charge in [0.25, 0.3) is 0 Å². The number of esters is 2. The molecule has 0 rings (SSSR count). The average Bonchev–Trinajstić information content (AvgIpc) is 3.71. The maximum atomic E-state index is 12.9. The Hall–Kier alpha value is -4.05. The van der Waals surface area contributed by atoms with Crippen LogP contribution in [0.1, 0.15) is 322 Å². The van der Waals surface area contributed by atoms with Gasteiger partial charge >= 0.3 is 11.9 Å². The lowest BCUT2D eigenvalue weighted by molar-refractivity contribution is -0.870. The van der Waals surface area contributed by atoms with Crippen LogP contribution < -0.4 is 5.11 Å². The van der Waals surface area contributed by atoms with Gasteiger partial charge in [-0.05, 0) is 96.3 Å². The molecule has 2 atom stereocenters. The Bertz CT molecular complexity index is 1830. The second-order valence-electron chi connectivity index (χ2n) is 25.8. The molecule has 0 aromatic heterocycles. The predicted molar refractivity (Wildman–Crippen MR) is 380 cm³/mol. The van der Waals surface area contributed by atoms with Crippen molar-refractivity contribution >= 4 is 17.9 Å². The van der Waals surface area contributed by atoms with E-state index in [2.05, 4.69) is 123 Å². The Morgan fingerprint density at radius 2 is 0.607 bits per heavy atom. The van der Waals surface area contributed by atoms with Gasteiger partial charge < -0.3 is 33.3 Å². The molecule has 0 heterocycles. The summed E-state index contributed by atoms with van der Waals surface area (Å²) in [5.41, 5.74) is 0. The largest absolute Gasteiger partial charge is 0.545 e. The van der Waals surface area contributed by atoms with Crippen LogP contribution in [0.3, 0.4) is 0 Å². The van der Waals surface area contributed by atoms with Crippen LogP contribution in [-0.2, 0) is 33.3 Å². The van der Waals surface area contributed by atoms with Crippen LogP contribution in [-0.4, -0.2) is 82.3 Å². The Labute approximate surface area is 549 Å². The maximum Gasteiger partial charge on any atom is 0.306 e. The lowest BCUT2D eigenvalue weighted by Crippen LogP contribution is -2.44. The number of hydrogen-bond acceptors (Lipinski definition) is 8. The molecule has 0 bridgehead atoms. The van der Waals surface area contributed by atoms with Crippen molar-refractivity contribution < 1.29 is 42.9 Å². The second-order valence-corrected chi connectivity index (χ2v) is 25.8. The summed E-state index contributed by atoms with van der Waals surface area (Å²) >= 11 is 0. The van der Waals surface area contributed by atoms with Crippen LogP contribution in [0.15, 0.2) is 109 Å². The van der Waals surface area contributed by atoms with Crippen molar-refractivity contribution in [2.75, 3.05) is 47.5 Å². The highest BCUT2D eigenvalue weighted by atomic mass is 16.7. The monoisotopic (exact) mass is 1240 g/mol. The lowest BCUT2D eigenvalue weighted by atomic mass is 10.0. The molecule has 0 radical (unpaired) electrons. The van der Waals surface area contributed by atoms with E-state index in [0.29, 0.717) is 23.9 Å². The van der Waals surface area contributed by atoms with E-state index in [4.69, 9.17) is 18.9 Å². The van der Waals surface area contributed by atoms with Crippen molar-refractivity contribution in [3.05, 3.63) is 109 Å². The summed E-state index contributed by atoms with van der Waals surface area (Å²) in [6, 6.07) is 0. The van der Waals surface area contributed by atoms with Gasteiger partial charge in [-0.15, -0.1) is 0 Å². The molecule has 0 aliphatic rings. The summed E-state index contributed by atoms with van der Waals surface area (Å²) in [5.74, 6) is -2.27. The summed E-state index contributed by atoms with van der Waals surface area (Å²) < 4.78 is 22.8. The number of likely N-dealkylation sites (N-methyl/N-ethyl adjacent to an activating group) is 1. The normalized spacial score (nSPS) is 13.3. The molecule has 0 saturated heterocycles. The zero-order valence-corrected chi connectivity index (χ0v) is 58.5. The fourth-order valence-corrected chi connectivity index (χ4v) is 10.4. The van der Waals surface area contributed by atoms with Gasteiger partial charge in [-0.25, -0.2) is 0 Å². The molecule has 0 N–H and O–H groups in total. The van der Waals surface area contributed by atoms with Crippen molar-refractivity contribution in [3.63, 3.8) is 0 Å². The highest BCUT2D eigenvalue weighted by Gasteiger charge is 2.22. The molecule has 89 heavy (non-hydrogen) atoms. The van der Waals surface area contributed by atoms with E-state index < -0.39 is 24.3 Å². The SMILES string of the molecule is CC/C=C\C/C=C\C/C=C\C/C=C\C/C=C\CCCCCCCCCCCCCCCC(=O)OC(COC(=O)CCCCCCCCCCCCCCCCCCCCCCCC/C=C\C/C=C\C/C=C\C/C=C\CC)COC(OCC[N+](C)(C)C)C(=O)[O-]. The molecule has 0 spiro atoms. The fourth-order valence-electron chi connectivity index (χ4n) is 10.4. The van der Waals surface area contributed by atoms with Crippen LogP contribution >= 0.6 is 0 Å². The highest BCUT2D eigenvalue weighted by Crippen LogP contribution is 2.18. The molecule has 9 heteroatoms. The van der Waals surface area contributed by atoms with Crippen LogP contribution in [0.4, 0.5) is 0 Å². The second kappa shape index (κ2) is 69.8.